The van der Waals surface area contributed by atoms with Gasteiger partial charge in [-0.15, -0.1) is 0 Å². The Bertz CT molecular complexity index is 888. The molecule has 0 aliphatic heterocycles. The van der Waals surface area contributed by atoms with Gasteiger partial charge < -0.3 is 9.88 Å². The van der Waals surface area contributed by atoms with Crippen LogP contribution in [-0.2, 0) is 13.1 Å². The third kappa shape index (κ3) is 4.10. The Morgan fingerprint density at radius 3 is 2.80 bits per heavy atom. The highest BCUT2D eigenvalue weighted by Gasteiger charge is 2.14. The molecule has 0 radical (unpaired) electrons. The molecule has 2 aromatic carbocycles. The Kier molecular flexibility index (Phi) is 5.53. The van der Waals surface area contributed by atoms with E-state index in [4.69, 9.17) is 4.98 Å². The summed E-state index contributed by atoms with van der Waals surface area (Å²) < 4.78 is 3.12. The zero-order chi connectivity index (χ0) is 17.8. The van der Waals surface area contributed by atoms with Crippen LogP contribution < -0.4 is 5.32 Å². The lowest BCUT2D eigenvalue weighted by atomic mass is 10.1. The number of halogens is 1. The first-order chi connectivity index (χ1) is 12.1. The van der Waals surface area contributed by atoms with E-state index >= 15 is 0 Å². The molecule has 0 saturated heterocycles. The second kappa shape index (κ2) is 7.83. The molecule has 0 aliphatic rings. The van der Waals surface area contributed by atoms with E-state index < -0.39 is 0 Å². The Labute approximate surface area is 156 Å². The summed E-state index contributed by atoms with van der Waals surface area (Å²) in [6.07, 6.45) is 1.11. The molecule has 4 nitrogen and oxygen atoms in total. The highest BCUT2D eigenvalue weighted by molar-refractivity contribution is 9.10. The van der Waals surface area contributed by atoms with Crippen molar-refractivity contribution in [2.75, 3.05) is 0 Å². The lowest BCUT2D eigenvalue weighted by Crippen LogP contribution is -2.25. The molecule has 130 valence electrons. The SMILES string of the molecule is CCC(C)Cn1c(CNC(=O)c2cccc(Br)c2)nc2ccccc21. The van der Waals surface area contributed by atoms with Gasteiger partial charge in [-0.3, -0.25) is 4.79 Å². The Morgan fingerprint density at radius 1 is 1.24 bits per heavy atom. The van der Waals surface area contributed by atoms with E-state index in [2.05, 4.69) is 45.7 Å². The molecule has 5 heteroatoms. The quantitative estimate of drug-likeness (QED) is 0.648. The Morgan fingerprint density at radius 2 is 2.04 bits per heavy atom. The van der Waals surface area contributed by atoms with Crippen molar-refractivity contribution in [3.63, 3.8) is 0 Å². The molecule has 1 aromatic heterocycles. The number of nitrogens with one attached hydrogen (secondary N) is 1. The van der Waals surface area contributed by atoms with E-state index in [0.717, 1.165) is 34.3 Å². The van der Waals surface area contributed by atoms with Crippen molar-refractivity contribution in [2.24, 2.45) is 5.92 Å². The number of carbonyl (C=O) groups is 1. The zero-order valence-electron chi connectivity index (χ0n) is 14.5. The zero-order valence-corrected chi connectivity index (χ0v) is 16.1. The van der Waals surface area contributed by atoms with E-state index in [1.165, 1.54) is 0 Å². The van der Waals surface area contributed by atoms with Crippen LogP contribution in [0.25, 0.3) is 11.0 Å². The molecular formula is C20H22BrN3O. The molecule has 0 aliphatic carbocycles. The monoisotopic (exact) mass is 399 g/mol. The second-order valence-electron chi connectivity index (χ2n) is 6.33. The summed E-state index contributed by atoms with van der Waals surface area (Å²) >= 11 is 3.40. The van der Waals surface area contributed by atoms with E-state index in [9.17, 15) is 4.79 Å². The summed E-state index contributed by atoms with van der Waals surface area (Å²) in [5.41, 5.74) is 2.73. The van der Waals surface area contributed by atoms with Crippen LogP contribution in [0.4, 0.5) is 0 Å². The first kappa shape index (κ1) is 17.7. The predicted octanol–water partition coefficient (Wildman–Crippen LogP) is 4.77. The number of para-hydroxylation sites is 2. The predicted molar refractivity (Wildman–Crippen MR) is 105 cm³/mol. The van der Waals surface area contributed by atoms with Gasteiger partial charge in [-0.25, -0.2) is 4.98 Å². The van der Waals surface area contributed by atoms with Crippen molar-refractivity contribution in [3.8, 4) is 0 Å². The van der Waals surface area contributed by atoms with Crippen LogP contribution in [0.1, 0.15) is 36.5 Å². The van der Waals surface area contributed by atoms with Crippen molar-refractivity contribution in [1.29, 1.82) is 0 Å². The van der Waals surface area contributed by atoms with Gasteiger partial charge in [-0.1, -0.05) is 54.4 Å². The fraction of sp³-hybridized carbons (Fsp3) is 0.300. The number of nitrogens with zero attached hydrogens (tertiary/aromatic N) is 2. The summed E-state index contributed by atoms with van der Waals surface area (Å²) in [7, 11) is 0. The van der Waals surface area contributed by atoms with Crippen molar-refractivity contribution in [1.82, 2.24) is 14.9 Å². The third-order valence-electron chi connectivity index (χ3n) is 4.42. The van der Waals surface area contributed by atoms with Gasteiger partial charge in [0.2, 0.25) is 0 Å². The minimum atomic E-state index is -0.0940. The minimum Gasteiger partial charge on any atom is -0.345 e. The fourth-order valence-electron chi connectivity index (χ4n) is 2.80. The van der Waals surface area contributed by atoms with Gasteiger partial charge in [0, 0.05) is 16.6 Å². The van der Waals surface area contributed by atoms with Crippen LogP contribution >= 0.6 is 15.9 Å². The number of hydrogen-bond acceptors (Lipinski definition) is 2. The van der Waals surface area contributed by atoms with Crippen LogP contribution in [0, 0.1) is 5.92 Å². The van der Waals surface area contributed by atoms with Gasteiger partial charge >= 0.3 is 0 Å². The summed E-state index contributed by atoms with van der Waals surface area (Å²) in [5, 5.41) is 2.99. The van der Waals surface area contributed by atoms with Crippen LogP contribution in [-0.4, -0.2) is 15.5 Å². The third-order valence-corrected chi connectivity index (χ3v) is 4.91. The maximum Gasteiger partial charge on any atom is 0.251 e. The summed E-state index contributed by atoms with van der Waals surface area (Å²) in [5.74, 6) is 1.35. The maximum absolute atomic E-state index is 12.4. The molecule has 25 heavy (non-hydrogen) atoms. The molecule has 0 saturated carbocycles. The molecular weight excluding hydrogens is 378 g/mol. The van der Waals surface area contributed by atoms with Crippen LogP contribution in [0.3, 0.4) is 0 Å². The number of amides is 1. The van der Waals surface area contributed by atoms with Crippen LogP contribution in [0.15, 0.2) is 53.0 Å². The number of carbonyl (C=O) groups excluding carboxylic acids is 1. The van der Waals surface area contributed by atoms with Crippen molar-refractivity contribution >= 4 is 32.9 Å². The van der Waals surface area contributed by atoms with Crippen molar-refractivity contribution in [2.45, 2.75) is 33.4 Å². The second-order valence-corrected chi connectivity index (χ2v) is 7.25. The molecule has 0 spiro atoms. The van der Waals surface area contributed by atoms with Gasteiger partial charge in [-0.05, 0) is 36.2 Å². The van der Waals surface area contributed by atoms with Crippen molar-refractivity contribution in [3.05, 3.63) is 64.4 Å². The van der Waals surface area contributed by atoms with Crippen molar-refractivity contribution < 1.29 is 4.79 Å². The molecule has 1 heterocycles. The topological polar surface area (TPSA) is 46.9 Å². The van der Waals surface area contributed by atoms with Gasteiger partial charge in [0.25, 0.3) is 5.91 Å². The molecule has 3 rings (SSSR count). The molecule has 1 atom stereocenters. The van der Waals surface area contributed by atoms with Gasteiger partial charge in [0.05, 0.1) is 17.6 Å². The van der Waals surface area contributed by atoms with Gasteiger partial charge in [0.1, 0.15) is 5.82 Å². The standard InChI is InChI=1S/C20H22BrN3O/c1-3-14(2)13-24-18-10-5-4-9-17(18)23-19(24)12-22-20(25)15-7-6-8-16(21)11-15/h4-11,14H,3,12-13H2,1-2H3,(H,22,25). The average molecular weight is 400 g/mol. The molecule has 0 bridgehead atoms. The number of rotatable bonds is 6. The lowest BCUT2D eigenvalue weighted by molar-refractivity contribution is 0.0949. The smallest absolute Gasteiger partial charge is 0.251 e. The average Bonchev–Trinajstić information content (AvgIpc) is 2.97. The van der Waals surface area contributed by atoms with E-state index in [0.29, 0.717) is 18.0 Å². The van der Waals surface area contributed by atoms with E-state index in [1.54, 1.807) is 0 Å². The fourth-order valence-corrected chi connectivity index (χ4v) is 3.20. The normalized spacial score (nSPS) is 12.3. The maximum atomic E-state index is 12.4. The highest BCUT2D eigenvalue weighted by atomic mass is 79.9. The highest BCUT2D eigenvalue weighted by Crippen LogP contribution is 2.19. The van der Waals surface area contributed by atoms with Gasteiger partial charge in [-0.2, -0.15) is 0 Å². The first-order valence-electron chi connectivity index (χ1n) is 8.56. The summed E-state index contributed by atoms with van der Waals surface area (Å²) in [6, 6.07) is 15.5. The minimum absolute atomic E-state index is 0.0940. The molecule has 1 unspecified atom stereocenters. The summed E-state index contributed by atoms with van der Waals surface area (Å²) in [4.78, 5) is 17.1. The first-order valence-corrected chi connectivity index (χ1v) is 9.35. The summed E-state index contributed by atoms with van der Waals surface area (Å²) in [6.45, 7) is 5.74. The van der Waals surface area contributed by atoms with Crippen LogP contribution in [0.2, 0.25) is 0 Å². The van der Waals surface area contributed by atoms with E-state index in [-0.39, 0.29) is 5.91 Å². The molecule has 0 fully saturated rings. The molecule has 1 N–H and O–H groups in total. The largest absolute Gasteiger partial charge is 0.345 e. The van der Waals surface area contributed by atoms with Crippen LogP contribution in [0.5, 0.6) is 0 Å². The molecule has 1 amide bonds. The number of hydrogen-bond donors (Lipinski definition) is 1. The lowest BCUT2D eigenvalue weighted by Gasteiger charge is -2.14. The van der Waals surface area contributed by atoms with Gasteiger partial charge in [0.15, 0.2) is 0 Å². The number of aromatic nitrogens is 2. The molecule has 3 aromatic rings. The number of imidazole rings is 1. The Balaban J connectivity index is 1.83. The Hall–Kier alpha value is -2.14. The van der Waals surface area contributed by atoms with E-state index in [1.807, 2.05) is 42.5 Å². The number of fused-ring (bicyclic) bond motifs is 1. The number of benzene rings is 2.